The minimum Gasteiger partial charge on any atom is -0.368 e. The number of urea groups is 1. The van der Waals surface area contributed by atoms with Gasteiger partial charge in [-0.25, -0.2) is 9.78 Å². The number of hydrogen-bond donors (Lipinski definition) is 1. The summed E-state index contributed by atoms with van der Waals surface area (Å²) in [6, 6.07) is 19.3. The van der Waals surface area contributed by atoms with Crippen molar-refractivity contribution in [3.8, 4) is 0 Å². The predicted octanol–water partition coefficient (Wildman–Crippen LogP) is 4.81. The lowest BCUT2D eigenvalue weighted by atomic mass is 10.1. The Morgan fingerprint density at radius 3 is 2.46 bits per heavy atom. The molecule has 2 aliphatic heterocycles. The van der Waals surface area contributed by atoms with E-state index in [2.05, 4.69) is 27.3 Å². The number of rotatable bonds is 3. The summed E-state index contributed by atoms with van der Waals surface area (Å²) in [5.41, 5.74) is 5.23. The Kier molecular flexibility index (Phi) is 6.63. The van der Waals surface area contributed by atoms with Crippen LogP contribution >= 0.6 is 11.8 Å². The van der Waals surface area contributed by atoms with Crippen molar-refractivity contribution in [1.29, 1.82) is 0 Å². The Hall–Kier alpha value is -3.52. The topological polar surface area (TPSA) is 68.8 Å². The summed E-state index contributed by atoms with van der Waals surface area (Å²) in [4.78, 5) is 36.9. The van der Waals surface area contributed by atoms with Crippen LogP contribution in [0, 0.1) is 13.8 Å². The maximum absolute atomic E-state index is 13.2. The molecule has 1 fully saturated rings. The number of thioether (sulfide) groups is 1. The van der Waals surface area contributed by atoms with E-state index in [9.17, 15) is 9.59 Å². The van der Waals surface area contributed by atoms with Crippen LogP contribution in [0.3, 0.4) is 0 Å². The number of piperazine rings is 1. The van der Waals surface area contributed by atoms with Gasteiger partial charge in [-0.1, -0.05) is 24.3 Å². The number of carbonyl (C=O) groups excluding carboxylic acids is 2. The number of anilines is 3. The number of nitrogens with one attached hydrogen (secondary N) is 1. The third kappa shape index (κ3) is 4.98. The van der Waals surface area contributed by atoms with Gasteiger partial charge < -0.3 is 15.1 Å². The summed E-state index contributed by atoms with van der Waals surface area (Å²) in [7, 11) is 0. The van der Waals surface area contributed by atoms with E-state index >= 15 is 0 Å². The van der Waals surface area contributed by atoms with Crippen LogP contribution < -0.4 is 15.1 Å². The van der Waals surface area contributed by atoms with Gasteiger partial charge in [0.05, 0.1) is 5.69 Å². The number of fused-ring (bicyclic) bond motifs is 1. The molecule has 1 aromatic heterocycles. The average Bonchev–Trinajstić information content (AvgIpc) is 2.88. The summed E-state index contributed by atoms with van der Waals surface area (Å²) in [5.74, 6) is 0.785. The van der Waals surface area contributed by atoms with Gasteiger partial charge in [0, 0.05) is 61.1 Å². The van der Waals surface area contributed by atoms with Crippen LogP contribution in [-0.2, 0) is 0 Å². The molecule has 0 aliphatic carbocycles. The van der Waals surface area contributed by atoms with Gasteiger partial charge in [0.25, 0.3) is 5.91 Å². The third-order valence-corrected chi connectivity index (χ3v) is 7.34. The second-order valence-corrected chi connectivity index (χ2v) is 9.94. The van der Waals surface area contributed by atoms with Gasteiger partial charge in [-0.15, -0.1) is 11.8 Å². The van der Waals surface area contributed by atoms with Crippen LogP contribution in [0.1, 0.15) is 21.6 Å². The van der Waals surface area contributed by atoms with Crippen molar-refractivity contribution < 1.29 is 9.59 Å². The molecule has 3 aromatic rings. The largest absolute Gasteiger partial charge is 0.368 e. The number of hydrogen-bond acceptors (Lipinski definition) is 5. The van der Waals surface area contributed by atoms with Crippen LogP contribution in [0.4, 0.5) is 21.9 Å². The number of amides is 3. The highest BCUT2D eigenvalue weighted by molar-refractivity contribution is 7.99. The zero-order valence-corrected chi connectivity index (χ0v) is 20.8. The summed E-state index contributed by atoms with van der Waals surface area (Å²) >= 11 is 1.68. The van der Waals surface area contributed by atoms with E-state index in [1.165, 1.54) is 5.69 Å². The molecule has 0 bridgehead atoms. The minimum absolute atomic E-state index is 0.0101. The fraction of sp³-hybridized carbons (Fsp3) is 0.296. The standard InChI is InChI=1S/C27H29N5O2S/c1-19-17-20(2)28-25-24(19)32(15-16-35-25)27(34)29-22-8-6-7-21(18-22)26(33)31-13-11-30(12-14-31)23-9-4-3-5-10-23/h3-10,17-18H,11-16H2,1-2H3,(H,29,34). The molecular weight excluding hydrogens is 458 g/mol. The van der Waals surface area contributed by atoms with Crippen LogP contribution in [-0.4, -0.2) is 60.3 Å². The first-order valence-electron chi connectivity index (χ1n) is 11.9. The smallest absolute Gasteiger partial charge is 0.326 e. The van der Waals surface area contributed by atoms with Crippen LogP contribution in [0.15, 0.2) is 65.7 Å². The minimum atomic E-state index is -0.207. The highest BCUT2D eigenvalue weighted by Crippen LogP contribution is 2.36. The van der Waals surface area contributed by atoms with E-state index in [-0.39, 0.29) is 11.9 Å². The van der Waals surface area contributed by atoms with Crippen molar-refractivity contribution in [1.82, 2.24) is 9.88 Å². The lowest BCUT2D eigenvalue weighted by Gasteiger charge is -2.36. The van der Waals surface area contributed by atoms with E-state index in [1.807, 2.05) is 61.2 Å². The molecule has 0 spiro atoms. The van der Waals surface area contributed by atoms with Crippen LogP contribution in [0.2, 0.25) is 0 Å². The average molecular weight is 488 g/mol. The Labute approximate surface area is 210 Å². The number of aryl methyl sites for hydroxylation is 2. The predicted molar refractivity (Wildman–Crippen MR) is 142 cm³/mol. The first-order chi connectivity index (χ1) is 17.0. The number of pyridine rings is 1. The fourth-order valence-corrected chi connectivity index (χ4v) is 5.77. The summed E-state index contributed by atoms with van der Waals surface area (Å²) in [5, 5.41) is 3.88. The van der Waals surface area contributed by atoms with Gasteiger partial charge in [0.15, 0.2) is 0 Å². The molecule has 0 saturated carbocycles. The highest BCUT2D eigenvalue weighted by Gasteiger charge is 2.27. The highest BCUT2D eigenvalue weighted by atomic mass is 32.2. The van der Waals surface area contributed by atoms with Crippen LogP contribution in [0.5, 0.6) is 0 Å². The Balaban J connectivity index is 1.26. The molecule has 1 N–H and O–H groups in total. The Bertz CT molecular complexity index is 1240. The molecule has 1 saturated heterocycles. The van der Waals surface area contributed by atoms with Gasteiger partial charge in [-0.2, -0.15) is 0 Å². The zero-order chi connectivity index (χ0) is 24.4. The summed E-state index contributed by atoms with van der Waals surface area (Å²) in [6.45, 7) is 7.51. The molecule has 3 heterocycles. The lowest BCUT2D eigenvalue weighted by molar-refractivity contribution is 0.0747. The van der Waals surface area contributed by atoms with Crippen molar-refractivity contribution in [2.45, 2.75) is 18.9 Å². The van der Waals surface area contributed by atoms with Crippen molar-refractivity contribution >= 4 is 40.8 Å². The normalized spacial score (nSPS) is 15.5. The van der Waals surface area contributed by atoms with Crippen molar-refractivity contribution in [2.75, 3.05) is 53.6 Å². The van der Waals surface area contributed by atoms with Crippen molar-refractivity contribution in [2.24, 2.45) is 0 Å². The van der Waals surface area contributed by atoms with Crippen LogP contribution in [0.25, 0.3) is 0 Å². The molecule has 7 nitrogen and oxygen atoms in total. The number of carbonyl (C=O) groups is 2. The van der Waals surface area contributed by atoms with Gasteiger partial charge in [-0.3, -0.25) is 9.69 Å². The first kappa shape index (κ1) is 23.2. The zero-order valence-electron chi connectivity index (χ0n) is 20.0. The van der Waals surface area contributed by atoms with Crippen molar-refractivity contribution in [3.63, 3.8) is 0 Å². The maximum atomic E-state index is 13.2. The molecule has 0 unspecified atom stereocenters. The second kappa shape index (κ2) is 10.00. The van der Waals surface area contributed by atoms with E-state index in [0.29, 0.717) is 30.9 Å². The molecule has 5 rings (SSSR count). The van der Waals surface area contributed by atoms with Gasteiger partial charge in [0.1, 0.15) is 5.03 Å². The molecule has 2 aliphatic rings. The lowest BCUT2D eigenvalue weighted by Crippen LogP contribution is -2.48. The quantitative estimate of drug-likeness (QED) is 0.575. The third-order valence-electron chi connectivity index (χ3n) is 6.40. The number of aromatic nitrogens is 1. The summed E-state index contributed by atoms with van der Waals surface area (Å²) < 4.78 is 0. The number of para-hydroxylation sites is 1. The van der Waals surface area contributed by atoms with E-state index < -0.39 is 0 Å². The Morgan fingerprint density at radius 2 is 1.69 bits per heavy atom. The molecule has 2 aromatic carbocycles. The van der Waals surface area contributed by atoms with Crippen molar-refractivity contribution in [3.05, 3.63) is 77.5 Å². The van der Waals surface area contributed by atoms with E-state index in [1.54, 1.807) is 22.7 Å². The number of benzene rings is 2. The fourth-order valence-electron chi connectivity index (χ4n) is 4.68. The second-order valence-electron chi connectivity index (χ2n) is 8.86. The SMILES string of the molecule is Cc1cc(C)c2c(n1)SCCN2C(=O)Nc1cccc(C(=O)N2CCN(c3ccccc3)CC2)c1. The Morgan fingerprint density at radius 1 is 0.914 bits per heavy atom. The molecule has 35 heavy (non-hydrogen) atoms. The molecule has 0 atom stereocenters. The van der Waals surface area contributed by atoms with Gasteiger partial charge >= 0.3 is 6.03 Å². The molecule has 0 radical (unpaired) electrons. The monoisotopic (exact) mass is 487 g/mol. The maximum Gasteiger partial charge on any atom is 0.326 e. The molecular formula is C27H29N5O2S. The molecule has 8 heteroatoms. The number of nitrogens with zero attached hydrogens (tertiary/aromatic N) is 4. The first-order valence-corrected chi connectivity index (χ1v) is 12.9. The van der Waals surface area contributed by atoms with E-state index in [4.69, 9.17) is 0 Å². The van der Waals surface area contributed by atoms with E-state index in [0.717, 1.165) is 40.8 Å². The summed E-state index contributed by atoms with van der Waals surface area (Å²) in [6.07, 6.45) is 0. The molecule has 180 valence electrons. The van der Waals surface area contributed by atoms with Gasteiger partial charge in [0.2, 0.25) is 0 Å². The van der Waals surface area contributed by atoms with Gasteiger partial charge in [-0.05, 0) is 55.8 Å². The molecule has 3 amide bonds.